The molecular formula is C7H6ClNaO6S. The van der Waals surface area contributed by atoms with E-state index in [9.17, 15) is 13.2 Å². The van der Waals surface area contributed by atoms with Crippen molar-refractivity contribution in [3.05, 3.63) is 24.3 Å². The van der Waals surface area contributed by atoms with Gasteiger partial charge in [-0.1, -0.05) is 0 Å². The van der Waals surface area contributed by atoms with Crippen LogP contribution < -0.4 is 46.7 Å². The number of carboxylic acid groups (broad SMARTS) is 1. The summed E-state index contributed by atoms with van der Waals surface area (Å²) in [5, 5.41) is 8.21. The van der Waals surface area contributed by atoms with Crippen LogP contribution in [0.3, 0.4) is 0 Å². The molecule has 0 heterocycles. The molecule has 0 aliphatic heterocycles. The second-order valence-corrected chi connectivity index (χ2v) is 3.74. The summed E-state index contributed by atoms with van der Waals surface area (Å²) >= 11 is 0. The molecule has 1 rings (SSSR count). The SMILES string of the molecule is O=C(O)Oc1ccc(S(=O)(=O)O)cc1.[Cl-].[Na+]. The number of hydrogen-bond acceptors (Lipinski definition) is 4. The van der Waals surface area contributed by atoms with Crippen molar-refractivity contribution in [2.45, 2.75) is 4.90 Å². The molecule has 9 heteroatoms. The van der Waals surface area contributed by atoms with E-state index in [2.05, 4.69) is 4.74 Å². The van der Waals surface area contributed by atoms with Gasteiger partial charge < -0.3 is 22.3 Å². The van der Waals surface area contributed by atoms with Gasteiger partial charge in [-0.15, -0.1) is 0 Å². The molecule has 0 saturated heterocycles. The van der Waals surface area contributed by atoms with E-state index in [1.165, 1.54) is 0 Å². The van der Waals surface area contributed by atoms with E-state index in [-0.39, 0.29) is 52.6 Å². The Balaban J connectivity index is 0. The number of halogens is 1. The standard InChI is InChI=1S/C7H6O6S.ClH.Na/c8-7(9)13-5-1-3-6(4-2-5)14(10,11)12;;/h1-4H,(H,8,9)(H,10,11,12);1H;/q;;+1/p-1. The predicted molar refractivity (Wildman–Crippen MR) is 44.9 cm³/mol. The van der Waals surface area contributed by atoms with E-state index in [0.717, 1.165) is 24.3 Å². The van der Waals surface area contributed by atoms with Crippen LogP contribution in [0.2, 0.25) is 0 Å². The maximum absolute atomic E-state index is 10.6. The Morgan fingerprint density at radius 3 is 1.94 bits per heavy atom. The van der Waals surface area contributed by atoms with Crippen molar-refractivity contribution in [2.24, 2.45) is 0 Å². The molecule has 0 radical (unpaired) electrons. The number of benzene rings is 1. The van der Waals surface area contributed by atoms with Crippen molar-refractivity contribution in [1.82, 2.24) is 0 Å². The molecule has 0 saturated carbocycles. The van der Waals surface area contributed by atoms with E-state index in [0.29, 0.717) is 0 Å². The van der Waals surface area contributed by atoms with Gasteiger partial charge in [-0.3, -0.25) is 4.55 Å². The molecule has 0 amide bonds. The summed E-state index contributed by atoms with van der Waals surface area (Å²) < 4.78 is 33.9. The molecular weight excluding hydrogens is 271 g/mol. The van der Waals surface area contributed by atoms with Gasteiger partial charge in [0.2, 0.25) is 0 Å². The minimum Gasteiger partial charge on any atom is -1.00 e. The zero-order chi connectivity index (χ0) is 10.8. The fourth-order valence-corrected chi connectivity index (χ4v) is 1.26. The zero-order valence-electron chi connectivity index (χ0n) is 8.12. The first-order chi connectivity index (χ1) is 6.39. The molecule has 0 spiro atoms. The summed E-state index contributed by atoms with van der Waals surface area (Å²) in [6.45, 7) is 0. The molecule has 6 nitrogen and oxygen atoms in total. The van der Waals surface area contributed by atoms with E-state index < -0.39 is 16.3 Å². The first kappa shape index (κ1) is 18.1. The first-order valence-electron chi connectivity index (χ1n) is 3.38. The van der Waals surface area contributed by atoms with Gasteiger partial charge in [0, 0.05) is 0 Å². The van der Waals surface area contributed by atoms with Gasteiger partial charge in [0.25, 0.3) is 10.1 Å². The van der Waals surface area contributed by atoms with Gasteiger partial charge in [0.1, 0.15) is 5.75 Å². The second-order valence-electron chi connectivity index (χ2n) is 2.31. The van der Waals surface area contributed by atoms with E-state index in [1.54, 1.807) is 0 Å². The molecule has 1 aromatic carbocycles. The van der Waals surface area contributed by atoms with Crippen LogP contribution in [0.1, 0.15) is 0 Å². The van der Waals surface area contributed by atoms with Gasteiger partial charge in [-0.2, -0.15) is 8.42 Å². The molecule has 0 bridgehead atoms. The van der Waals surface area contributed by atoms with E-state index >= 15 is 0 Å². The van der Waals surface area contributed by atoms with Crippen molar-refractivity contribution in [2.75, 3.05) is 0 Å². The Morgan fingerprint density at radius 1 is 1.19 bits per heavy atom. The Bertz CT molecular complexity index is 442. The van der Waals surface area contributed by atoms with Crippen molar-refractivity contribution in [3.63, 3.8) is 0 Å². The third kappa shape index (κ3) is 5.69. The Labute approximate surface area is 120 Å². The van der Waals surface area contributed by atoms with Gasteiger partial charge in [0.05, 0.1) is 4.90 Å². The quantitative estimate of drug-likeness (QED) is 0.243. The van der Waals surface area contributed by atoms with Crippen molar-refractivity contribution < 1.29 is 69.6 Å². The van der Waals surface area contributed by atoms with Crippen LogP contribution in [0.5, 0.6) is 5.75 Å². The fraction of sp³-hybridized carbons (Fsp3) is 0. The third-order valence-electron chi connectivity index (χ3n) is 1.33. The van der Waals surface area contributed by atoms with Crippen LogP contribution in [0.25, 0.3) is 0 Å². The molecule has 0 aliphatic rings. The van der Waals surface area contributed by atoms with Crippen molar-refractivity contribution >= 4 is 16.3 Å². The topological polar surface area (TPSA) is 101 Å². The molecule has 0 aliphatic carbocycles. The van der Waals surface area contributed by atoms with Gasteiger partial charge >= 0.3 is 35.7 Å². The molecule has 16 heavy (non-hydrogen) atoms. The van der Waals surface area contributed by atoms with E-state index in [1.807, 2.05) is 0 Å². The molecule has 0 aromatic heterocycles. The average Bonchev–Trinajstić information content (AvgIpc) is 2.02. The zero-order valence-corrected chi connectivity index (χ0v) is 11.7. The summed E-state index contributed by atoms with van der Waals surface area (Å²) in [7, 11) is -4.25. The molecule has 0 fully saturated rings. The monoisotopic (exact) mass is 276 g/mol. The maximum atomic E-state index is 10.6. The van der Waals surface area contributed by atoms with Crippen LogP contribution >= 0.6 is 0 Å². The van der Waals surface area contributed by atoms with Gasteiger partial charge in [-0.25, -0.2) is 4.79 Å². The van der Waals surface area contributed by atoms with Crippen molar-refractivity contribution in [3.8, 4) is 5.75 Å². The van der Waals surface area contributed by atoms with Gasteiger partial charge in [0.15, 0.2) is 0 Å². The molecule has 0 unspecified atom stereocenters. The largest absolute Gasteiger partial charge is 1.00 e. The predicted octanol–water partition coefficient (Wildman–Crippen LogP) is -5.00. The van der Waals surface area contributed by atoms with Crippen LogP contribution in [0, 0.1) is 0 Å². The number of carbonyl (C=O) groups is 1. The van der Waals surface area contributed by atoms with Crippen LogP contribution in [0.4, 0.5) is 4.79 Å². The molecule has 2 N–H and O–H groups in total. The van der Waals surface area contributed by atoms with Crippen LogP contribution in [-0.2, 0) is 10.1 Å². The smallest absolute Gasteiger partial charge is 1.00 e. The first-order valence-corrected chi connectivity index (χ1v) is 4.82. The minimum atomic E-state index is -4.25. The number of rotatable bonds is 2. The summed E-state index contributed by atoms with van der Waals surface area (Å²) in [4.78, 5) is 9.74. The molecule has 1 aromatic rings. The Kier molecular flexibility index (Phi) is 8.02. The second kappa shape index (κ2) is 7.10. The minimum absolute atomic E-state index is 0. The molecule has 0 atom stereocenters. The molecule has 84 valence electrons. The van der Waals surface area contributed by atoms with Gasteiger partial charge in [-0.05, 0) is 24.3 Å². The fourth-order valence-electron chi connectivity index (χ4n) is 0.780. The summed E-state index contributed by atoms with van der Waals surface area (Å²) in [6.07, 6.45) is -1.50. The number of ether oxygens (including phenoxy) is 1. The Hall–Kier alpha value is -0.310. The van der Waals surface area contributed by atoms with Crippen molar-refractivity contribution in [1.29, 1.82) is 0 Å². The summed E-state index contributed by atoms with van der Waals surface area (Å²) in [6, 6.07) is 4.32. The van der Waals surface area contributed by atoms with Crippen LogP contribution in [0.15, 0.2) is 29.2 Å². The average molecular weight is 277 g/mol. The number of hydrogen-bond donors (Lipinski definition) is 2. The summed E-state index contributed by atoms with van der Waals surface area (Å²) in [5.41, 5.74) is 0. The maximum Gasteiger partial charge on any atom is 1.00 e. The van der Waals surface area contributed by atoms with E-state index in [4.69, 9.17) is 9.66 Å². The normalized spacial score (nSPS) is 9.56. The summed E-state index contributed by atoms with van der Waals surface area (Å²) in [5.74, 6) is -0.0232. The van der Waals surface area contributed by atoms with Crippen LogP contribution in [-0.4, -0.2) is 24.2 Å². The Morgan fingerprint density at radius 2 is 1.62 bits per heavy atom. The third-order valence-corrected chi connectivity index (χ3v) is 2.19.